The molecular formula is C17H22N2O5. The summed E-state index contributed by atoms with van der Waals surface area (Å²) < 4.78 is 5.15. The number of carboxylic acids is 1. The fourth-order valence-electron chi connectivity index (χ4n) is 2.40. The standard InChI is InChI=1S/C17H22N2O5/c1-17(2,3)24-16(23)18-9-11-4-6-13(7-5-11)19-10-12(15(21)22)8-14(19)20/h4-7,12H,8-10H2,1-3H3,(H,18,23)(H,21,22). The van der Waals surface area contributed by atoms with E-state index in [0.717, 1.165) is 5.56 Å². The molecule has 2 N–H and O–H groups in total. The van der Waals surface area contributed by atoms with Crippen molar-refractivity contribution in [2.45, 2.75) is 39.3 Å². The van der Waals surface area contributed by atoms with Crippen molar-refractivity contribution in [3.8, 4) is 0 Å². The van der Waals surface area contributed by atoms with Gasteiger partial charge >= 0.3 is 12.1 Å². The molecule has 7 nitrogen and oxygen atoms in total. The summed E-state index contributed by atoms with van der Waals surface area (Å²) in [6.45, 7) is 5.86. The maximum Gasteiger partial charge on any atom is 0.407 e. The Hall–Kier alpha value is -2.57. The summed E-state index contributed by atoms with van der Waals surface area (Å²) in [6, 6.07) is 7.06. The van der Waals surface area contributed by atoms with E-state index in [4.69, 9.17) is 9.84 Å². The number of aliphatic carboxylic acids is 1. The molecule has 1 aromatic rings. The molecule has 1 heterocycles. The van der Waals surface area contributed by atoms with Crippen LogP contribution >= 0.6 is 0 Å². The van der Waals surface area contributed by atoms with Gasteiger partial charge in [0, 0.05) is 25.2 Å². The van der Waals surface area contributed by atoms with Crippen LogP contribution in [0.25, 0.3) is 0 Å². The third-order valence-corrected chi connectivity index (χ3v) is 3.56. The number of alkyl carbamates (subject to hydrolysis) is 1. The van der Waals surface area contributed by atoms with Gasteiger partial charge in [0.1, 0.15) is 5.60 Å². The van der Waals surface area contributed by atoms with Crippen molar-refractivity contribution in [3.63, 3.8) is 0 Å². The van der Waals surface area contributed by atoms with Crippen LogP contribution in [0.1, 0.15) is 32.8 Å². The molecular weight excluding hydrogens is 312 g/mol. The van der Waals surface area contributed by atoms with E-state index in [0.29, 0.717) is 12.2 Å². The van der Waals surface area contributed by atoms with Crippen LogP contribution in [0.4, 0.5) is 10.5 Å². The average molecular weight is 334 g/mol. The number of nitrogens with zero attached hydrogens (tertiary/aromatic N) is 1. The van der Waals surface area contributed by atoms with Crippen LogP contribution in [0.2, 0.25) is 0 Å². The van der Waals surface area contributed by atoms with E-state index in [1.807, 2.05) is 0 Å². The average Bonchev–Trinajstić information content (AvgIpc) is 2.86. The smallest absolute Gasteiger partial charge is 0.407 e. The van der Waals surface area contributed by atoms with E-state index in [2.05, 4.69) is 5.32 Å². The highest BCUT2D eigenvalue weighted by atomic mass is 16.6. The van der Waals surface area contributed by atoms with Crippen molar-refractivity contribution in [2.75, 3.05) is 11.4 Å². The zero-order valence-electron chi connectivity index (χ0n) is 14.0. The number of nitrogens with one attached hydrogen (secondary N) is 1. The lowest BCUT2D eigenvalue weighted by atomic mass is 10.1. The lowest BCUT2D eigenvalue weighted by Crippen LogP contribution is -2.32. The van der Waals surface area contributed by atoms with Gasteiger partial charge in [0.25, 0.3) is 0 Å². The molecule has 0 radical (unpaired) electrons. The molecule has 130 valence electrons. The Balaban J connectivity index is 1.93. The van der Waals surface area contributed by atoms with Gasteiger partial charge in [-0.3, -0.25) is 9.59 Å². The van der Waals surface area contributed by atoms with Gasteiger partial charge in [0.2, 0.25) is 5.91 Å². The van der Waals surface area contributed by atoms with Crippen LogP contribution in [0, 0.1) is 5.92 Å². The first-order valence-electron chi connectivity index (χ1n) is 7.74. The molecule has 24 heavy (non-hydrogen) atoms. The summed E-state index contributed by atoms with van der Waals surface area (Å²) in [4.78, 5) is 36.0. The van der Waals surface area contributed by atoms with E-state index in [9.17, 15) is 14.4 Å². The van der Waals surface area contributed by atoms with Gasteiger partial charge in [-0.25, -0.2) is 4.79 Å². The van der Waals surface area contributed by atoms with Crippen molar-refractivity contribution >= 4 is 23.7 Å². The first kappa shape index (κ1) is 17.8. The van der Waals surface area contributed by atoms with Gasteiger partial charge in [0.05, 0.1) is 5.92 Å². The van der Waals surface area contributed by atoms with Gasteiger partial charge in [-0.15, -0.1) is 0 Å². The molecule has 0 saturated carbocycles. The maximum absolute atomic E-state index is 11.9. The Morgan fingerprint density at radius 2 is 1.92 bits per heavy atom. The van der Waals surface area contributed by atoms with E-state index in [-0.39, 0.29) is 18.9 Å². The van der Waals surface area contributed by atoms with Crippen LogP contribution in [0.15, 0.2) is 24.3 Å². The third kappa shape index (κ3) is 4.71. The molecule has 1 fully saturated rings. The second-order valence-electron chi connectivity index (χ2n) is 6.77. The highest BCUT2D eigenvalue weighted by molar-refractivity contribution is 5.99. The van der Waals surface area contributed by atoms with E-state index >= 15 is 0 Å². The number of carbonyl (C=O) groups excluding carboxylic acids is 2. The van der Waals surface area contributed by atoms with Crippen molar-refractivity contribution in [1.29, 1.82) is 0 Å². The molecule has 0 bridgehead atoms. The van der Waals surface area contributed by atoms with Gasteiger partial charge in [-0.1, -0.05) is 12.1 Å². The Morgan fingerprint density at radius 1 is 1.29 bits per heavy atom. The summed E-state index contributed by atoms with van der Waals surface area (Å²) in [5.41, 5.74) is 0.959. The molecule has 2 amide bonds. The Kier molecular flexibility index (Phi) is 5.11. The monoisotopic (exact) mass is 334 g/mol. The fourth-order valence-corrected chi connectivity index (χ4v) is 2.40. The zero-order valence-corrected chi connectivity index (χ0v) is 14.0. The molecule has 1 unspecified atom stereocenters. The van der Waals surface area contributed by atoms with Crippen LogP contribution < -0.4 is 10.2 Å². The predicted octanol–water partition coefficient (Wildman–Crippen LogP) is 2.15. The van der Waals surface area contributed by atoms with Crippen molar-refractivity contribution < 1.29 is 24.2 Å². The minimum Gasteiger partial charge on any atom is -0.481 e. The molecule has 0 aliphatic carbocycles. The van der Waals surface area contributed by atoms with Crippen molar-refractivity contribution in [3.05, 3.63) is 29.8 Å². The van der Waals surface area contributed by atoms with Gasteiger partial charge < -0.3 is 20.1 Å². The molecule has 0 aromatic heterocycles. The Labute approximate surface area is 140 Å². The number of carbonyl (C=O) groups is 3. The van der Waals surface area contributed by atoms with Crippen molar-refractivity contribution in [1.82, 2.24) is 5.32 Å². The van der Waals surface area contributed by atoms with E-state index in [1.165, 1.54) is 4.90 Å². The molecule has 7 heteroatoms. The van der Waals surface area contributed by atoms with Crippen LogP contribution in [0.3, 0.4) is 0 Å². The second kappa shape index (κ2) is 6.90. The number of carboxylic acid groups (broad SMARTS) is 1. The Bertz CT molecular complexity index is 633. The summed E-state index contributed by atoms with van der Waals surface area (Å²) >= 11 is 0. The van der Waals surface area contributed by atoms with E-state index < -0.39 is 23.6 Å². The number of hydrogen-bond donors (Lipinski definition) is 2. The normalized spacial score (nSPS) is 17.7. The SMILES string of the molecule is CC(C)(C)OC(=O)NCc1ccc(N2CC(C(=O)O)CC2=O)cc1. The summed E-state index contributed by atoms with van der Waals surface area (Å²) in [5, 5.41) is 11.7. The molecule has 1 aliphatic rings. The molecule has 1 saturated heterocycles. The van der Waals surface area contributed by atoms with Gasteiger partial charge in [-0.2, -0.15) is 0 Å². The lowest BCUT2D eigenvalue weighted by Gasteiger charge is -2.20. The summed E-state index contributed by atoms with van der Waals surface area (Å²) in [6.07, 6.45) is -0.470. The van der Waals surface area contributed by atoms with Crippen molar-refractivity contribution in [2.24, 2.45) is 5.92 Å². The first-order chi connectivity index (χ1) is 11.2. The lowest BCUT2D eigenvalue weighted by molar-refractivity contribution is -0.141. The number of amides is 2. The highest BCUT2D eigenvalue weighted by Crippen LogP contribution is 2.25. The number of anilines is 1. The quantitative estimate of drug-likeness (QED) is 0.879. The summed E-state index contributed by atoms with van der Waals surface area (Å²) in [7, 11) is 0. The number of hydrogen-bond acceptors (Lipinski definition) is 4. The predicted molar refractivity (Wildman–Crippen MR) is 87.6 cm³/mol. The second-order valence-corrected chi connectivity index (χ2v) is 6.77. The maximum atomic E-state index is 11.9. The molecule has 1 atom stereocenters. The fraction of sp³-hybridized carbons (Fsp3) is 0.471. The highest BCUT2D eigenvalue weighted by Gasteiger charge is 2.34. The third-order valence-electron chi connectivity index (χ3n) is 3.56. The minimum absolute atomic E-state index is 0.0251. The van der Waals surface area contributed by atoms with E-state index in [1.54, 1.807) is 45.0 Å². The number of benzene rings is 1. The van der Waals surface area contributed by atoms with Crippen LogP contribution in [0.5, 0.6) is 0 Å². The number of ether oxygens (including phenoxy) is 1. The molecule has 0 spiro atoms. The van der Waals surface area contributed by atoms with Gasteiger partial charge in [-0.05, 0) is 38.5 Å². The largest absolute Gasteiger partial charge is 0.481 e. The Morgan fingerprint density at radius 3 is 2.42 bits per heavy atom. The molecule has 1 aromatic carbocycles. The number of rotatable bonds is 4. The topological polar surface area (TPSA) is 95.9 Å². The molecule has 1 aliphatic heterocycles. The first-order valence-corrected chi connectivity index (χ1v) is 7.74. The minimum atomic E-state index is -0.955. The zero-order chi connectivity index (χ0) is 17.9. The van der Waals surface area contributed by atoms with Crippen LogP contribution in [-0.4, -0.2) is 35.2 Å². The molecule has 2 rings (SSSR count). The van der Waals surface area contributed by atoms with Crippen LogP contribution in [-0.2, 0) is 20.9 Å². The summed E-state index contributed by atoms with van der Waals surface area (Å²) in [5.74, 6) is -1.81. The van der Waals surface area contributed by atoms with Gasteiger partial charge in [0.15, 0.2) is 0 Å².